The highest BCUT2D eigenvalue weighted by Crippen LogP contribution is 2.27. The Labute approximate surface area is 291 Å². The van der Waals surface area contributed by atoms with E-state index in [1.807, 2.05) is 52.0 Å². The van der Waals surface area contributed by atoms with Crippen LogP contribution in [0, 0.1) is 5.82 Å². The van der Waals surface area contributed by atoms with Crippen molar-refractivity contribution in [3.05, 3.63) is 106 Å². The van der Waals surface area contributed by atoms with Crippen LogP contribution >= 0.6 is 11.8 Å². The lowest BCUT2D eigenvalue weighted by Crippen LogP contribution is -2.09. The van der Waals surface area contributed by atoms with Crippen molar-refractivity contribution in [2.24, 2.45) is 5.73 Å². The van der Waals surface area contributed by atoms with Gasteiger partial charge in [0.25, 0.3) is 5.24 Å². The molecule has 1 unspecified atom stereocenters. The number of primary amides is 1. The third-order valence-corrected chi connectivity index (χ3v) is 7.34. The summed E-state index contributed by atoms with van der Waals surface area (Å²) < 4.78 is 31.3. The van der Waals surface area contributed by atoms with Gasteiger partial charge in [-0.15, -0.1) is 0 Å². The maximum absolute atomic E-state index is 13.7. The summed E-state index contributed by atoms with van der Waals surface area (Å²) in [5, 5.41) is -0.822. The zero-order chi connectivity index (χ0) is 36.3. The normalized spacial score (nSPS) is 12.7. The molecule has 0 saturated heterocycles. The van der Waals surface area contributed by atoms with E-state index in [4.69, 9.17) is 19.9 Å². The molecular formula is C39H54FNO6S. The summed E-state index contributed by atoms with van der Waals surface area (Å²) in [7, 11) is 1.64. The van der Waals surface area contributed by atoms with Crippen LogP contribution < -0.4 is 15.2 Å². The highest BCUT2D eigenvalue weighted by molar-refractivity contribution is 8.14. The number of halogens is 1. The Kier molecular flexibility index (Phi) is 24.6. The molecule has 0 saturated carbocycles. The van der Waals surface area contributed by atoms with Crippen LogP contribution in [0.1, 0.15) is 96.5 Å². The zero-order valence-corrected chi connectivity index (χ0v) is 30.7. The molecule has 1 amide bonds. The molecule has 0 aromatic heterocycles. The van der Waals surface area contributed by atoms with E-state index in [2.05, 4.69) is 38.2 Å². The quantitative estimate of drug-likeness (QED) is 0.113. The molecule has 0 fully saturated rings. The van der Waals surface area contributed by atoms with Gasteiger partial charge in [-0.3, -0.25) is 9.59 Å². The van der Waals surface area contributed by atoms with Gasteiger partial charge in [-0.1, -0.05) is 83.7 Å². The summed E-state index contributed by atoms with van der Waals surface area (Å²) in [5.74, 6) is 2.40. The summed E-state index contributed by atoms with van der Waals surface area (Å²) in [4.78, 5) is 31.4. The van der Waals surface area contributed by atoms with Gasteiger partial charge < -0.3 is 24.7 Å². The summed E-state index contributed by atoms with van der Waals surface area (Å²) >= 11 is 0.825. The van der Waals surface area contributed by atoms with Crippen LogP contribution in [0.4, 0.5) is 9.18 Å². The minimum Gasteiger partial charge on any atom is -0.498 e. The molecule has 3 rings (SSSR count). The standard InChI is InChI=1S/C31H35FO4.C4H7NO2S.2C2H6/c1-4-23-8-6-10-29(17-11-23)35-19-7-9-25(5-2)31(20-24-12-15-28(34-3)16-13-24)36-30-18-14-27(32)21-26(30)22-33;1-3(2-6)8-4(5)7;2*1-2/h6,8,11-18,21-22H,4-5,7,9-10,19-20H2,1-3H3;2-3H,1H3,(H2,5,7);2*1-2H3/b31-25+;;;. The van der Waals surface area contributed by atoms with Crippen LogP contribution in [-0.4, -0.2) is 36.8 Å². The van der Waals surface area contributed by atoms with Crippen molar-refractivity contribution in [1.82, 2.24) is 0 Å². The summed E-state index contributed by atoms with van der Waals surface area (Å²) in [5.41, 5.74) is 8.41. The van der Waals surface area contributed by atoms with Gasteiger partial charge in [0.1, 0.15) is 29.4 Å². The van der Waals surface area contributed by atoms with Gasteiger partial charge in [-0.25, -0.2) is 4.39 Å². The number of nitrogens with two attached hydrogens (primary N) is 1. The average Bonchev–Trinajstić information content (AvgIpc) is 3.36. The molecule has 0 heterocycles. The molecule has 1 aliphatic carbocycles. The van der Waals surface area contributed by atoms with E-state index >= 15 is 0 Å². The molecule has 0 bridgehead atoms. The van der Waals surface area contributed by atoms with Crippen molar-refractivity contribution < 1.29 is 33.0 Å². The smallest absolute Gasteiger partial charge is 0.277 e. The van der Waals surface area contributed by atoms with E-state index in [-0.39, 0.29) is 10.8 Å². The first-order valence-corrected chi connectivity index (χ1v) is 17.5. The first-order chi connectivity index (χ1) is 23.2. The second-order valence-corrected chi connectivity index (χ2v) is 11.3. The zero-order valence-electron chi connectivity index (χ0n) is 29.8. The van der Waals surface area contributed by atoms with Gasteiger partial charge in [0.15, 0.2) is 6.29 Å². The number of methoxy groups -OCH3 is 1. The van der Waals surface area contributed by atoms with E-state index in [9.17, 15) is 18.8 Å². The lowest BCUT2D eigenvalue weighted by Gasteiger charge is -2.18. The molecule has 9 heteroatoms. The van der Waals surface area contributed by atoms with Crippen LogP contribution in [0.2, 0.25) is 0 Å². The topological polar surface area (TPSA) is 105 Å². The number of benzene rings is 2. The fourth-order valence-corrected chi connectivity index (χ4v) is 4.63. The van der Waals surface area contributed by atoms with E-state index in [1.165, 1.54) is 23.8 Å². The second kappa shape index (κ2) is 26.9. The average molecular weight is 684 g/mol. The van der Waals surface area contributed by atoms with Crippen molar-refractivity contribution in [3.63, 3.8) is 0 Å². The largest absolute Gasteiger partial charge is 0.498 e. The second-order valence-electron chi connectivity index (χ2n) is 9.87. The van der Waals surface area contributed by atoms with E-state index < -0.39 is 11.1 Å². The monoisotopic (exact) mass is 683 g/mol. The molecule has 0 radical (unpaired) electrons. The van der Waals surface area contributed by atoms with Gasteiger partial charge in [0.2, 0.25) is 0 Å². The van der Waals surface area contributed by atoms with Crippen molar-refractivity contribution >= 4 is 29.6 Å². The van der Waals surface area contributed by atoms with Gasteiger partial charge >= 0.3 is 0 Å². The molecule has 2 aromatic carbocycles. The molecule has 0 spiro atoms. The number of carbonyl (C=O) groups excluding carboxylic acids is 3. The first-order valence-electron chi connectivity index (χ1n) is 16.6. The Morgan fingerprint density at radius 2 is 1.73 bits per heavy atom. The molecule has 7 nitrogen and oxygen atoms in total. The van der Waals surface area contributed by atoms with E-state index in [1.54, 1.807) is 14.0 Å². The number of carbonyl (C=O) groups is 3. The summed E-state index contributed by atoms with van der Waals surface area (Å²) in [6.07, 6.45) is 14.5. The van der Waals surface area contributed by atoms with Crippen LogP contribution in [0.25, 0.3) is 0 Å². The number of amides is 1. The third kappa shape index (κ3) is 17.7. The van der Waals surface area contributed by atoms with Crippen LogP contribution in [0.3, 0.4) is 0 Å². The predicted octanol–water partition coefficient (Wildman–Crippen LogP) is 10.3. The number of hydrogen-bond donors (Lipinski definition) is 1. The van der Waals surface area contributed by atoms with Gasteiger partial charge in [0.05, 0.1) is 30.3 Å². The Morgan fingerprint density at radius 3 is 2.27 bits per heavy atom. The number of allylic oxidation sites excluding steroid dienone is 7. The Bertz CT molecular complexity index is 1370. The fraction of sp³-hybridized carbons (Fsp3) is 0.410. The highest BCUT2D eigenvalue weighted by atomic mass is 32.2. The van der Waals surface area contributed by atoms with Crippen molar-refractivity contribution in [3.8, 4) is 11.5 Å². The molecule has 2 N–H and O–H groups in total. The Balaban J connectivity index is 0.00000159. The number of rotatable bonds is 15. The van der Waals surface area contributed by atoms with Gasteiger partial charge in [-0.2, -0.15) is 0 Å². The maximum atomic E-state index is 13.7. The first kappa shape index (κ1) is 43.9. The minimum atomic E-state index is -0.510. The van der Waals surface area contributed by atoms with Crippen LogP contribution in [-0.2, 0) is 16.0 Å². The molecular weight excluding hydrogens is 629 g/mol. The number of hydrogen-bond acceptors (Lipinski definition) is 7. The molecule has 264 valence electrons. The lowest BCUT2D eigenvalue weighted by molar-refractivity contribution is -0.107. The van der Waals surface area contributed by atoms with E-state index in [0.717, 1.165) is 72.3 Å². The Hall–Kier alpha value is -4.11. The third-order valence-electron chi connectivity index (χ3n) is 6.62. The van der Waals surface area contributed by atoms with Crippen LogP contribution in [0.15, 0.2) is 89.4 Å². The number of thioether (sulfide) groups is 1. The lowest BCUT2D eigenvalue weighted by atomic mass is 10.0. The maximum Gasteiger partial charge on any atom is 0.277 e. The predicted molar refractivity (Wildman–Crippen MR) is 197 cm³/mol. The Morgan fingerprint density at radius 1 is 1.04 bits per heavy atom. The molecule has 1 aliphatic rings. The van der Waals surface area contributed by atoms with Crippen molar-refractivity contribution in [2.45, 2.75) is 92.2 Å². The number of aldehydes is 2. The fourth-order valence-electron chi connectivity index (χ4n) is 4.21. The van der Waals surface area contributed by atoms with Gasteiger partial charge in [-0.05, 0) is 85.7 Å². The molecule has 1 atom stereocenters. The summed E-state index contributed by atoms with van der Waals surface area (Å²) in [6, 6.07) is 11.8. The number of ether oxygens (including phenoxy) is 3. The summed E-state index contributed by atoms with van der Waals surface area (Å²) in [6.45, 7) is 14.4. The minimum absolute atomic E-state index is 0.189. The van der Waals surface area contributed by atoms with Crippen molar-refractivity contribution in [2.75, 3.05) is 13.7 Å². The molecule has 2 aromatic rings. The van der Waals surface area contributed by atoms with E-state index in [0.29, 0.717) is 31.3 Å². The molecule has 0 aliphatic heterocycles. The van der Waals surface area contributed by atoms with Gasteiger partial charge in [0, 0.05) is 12.8 Å². The van der Waals surface area contributed by atoms with Crippen LogP contribution in [0.5, 0.6) is 11.5 Å². The molecule has 48 heavy (non-hydrogen) atoms. The highest BCUT2D eigenvalue weighted by Gasteiger charge is 2.14. The van der Waals surface area contributed by atoms with Crippen molar-refractivity contribution in [1.29, 1.82) is 0 Å². The SMILES string of the molecule is CC.CC.CC(C=O)SC(N)=O.CCC1=CC=C(OCCC/C(CC)=C(\Cc2ccc(OC)cc2)Oc2ccc(F)cc2C=O)CC=C1.